The molecule has 1 N–H and O–H groups in total. The number of hydrogen-bond acceptors (Lipinski definition) is 1. The summed E-state index contributed by atoms with van der Waals surface area (Å²) in [5, 5.41) is 0. The Labute approximate surface area is 110 Å². The molecule has 1 heterocycles. The van der Waals surface area contributed by atoms with Gasteiger partial charge in [0.05, 0.1) is 5.52 Å². The van der Waals surface area contributed by atoms with Crippen LogP contribution in [-0.4, -0.2) is 9.97 Å². The van der Waals surface area contributed by atoms with Crippen molar-refractivity contribution < 1.29 is 8.78 Å². The first-order valence-corrected chi connectivity index (χ1v) is 5.85. The highest BCUT2D eigenvalue weighted by atomic mass is 19.1. The smallest absolute Gasteiger partial charge is 0.156 e. The van der Waals surface area contributed by atoms with E-state index in [0.29, 0.717) is 11.3 Å². The summed E-state index contributed by atoms with van der Waals surface area (Å²) in [6, 6.07) is 1.26. The third kappa shape index (κ3) is 2.47. The molecule has 0 atom stereocenters. The summed E-state index contributed by atoms with van der Waals surface area (Å²) in [6.07, 6.45) is 7.05. The highest BCUT2D eigenvalue weighted by Gasteiger charge is 2.14. The second-order valence-electron chi connectivity index (χ2n) is 4.25. The Hall–Kier alpha value is -2.23. The SMILES string of the molecule is C=C/C=C\C=C(/C)c1nc2c(F)c(C)c(F)cc2[nH]1. The number of allylic oxidation sites excluding steroid dienone is 5. The Balaban J connectivity index is 2.53. The van der Waals surface area contributed by atoms with Crippen molar-refractivity contribution in [1.82, 2.24) is 9.97 Å². The van der Waals surface area contributed by atoms with Crippen LogP contribution >= 0.6 is 0 Å². The van der Waals surface area contributed by atoms with E-state index in [-0.39, 0.29) is 11.1 Å². The molecule has 0 saturated heterocycles. The predicted molar refractivity (Wildman–Crippen MR) is 73.7 cm³/mol. The fraction of sp³-hybridized carbons (Fsp3) is 0.133. The van der Waals surface area contributed by atoms with Gasteiger partial charge in [-0.2, -0.15) is 0 Å². The third-order valence-electron chi connectivity index (χ3n) is 2.87. The molecule has 0 aliphatic rings. The summed E-state index contributed by atoms with van der Waals surface area (Å²) in [5.41, 5.74) is 1.33. The van der Waals surface area contributed by atoms with E-state index >= 15 is 0 Å². The fourth-order valence-electron chi connectivity index (χ4n) is 1.72. The average Bonchev–Trinajstić information content (AvgIpc) is 2.80. The van der Waals surface area contributed by atoms with Gasteiger partial charge in [0, 0.05) is 11.6 Å². The van der Waals surface area contributed by atoms with Crippen LogP contribution in [0.15, 0.2) is 36.9 Å². The van der Waals surface area contributed by atoms with E-state index in [9.17, 15) is 8.78 Å². The van der Waals surface area contributed by atoms with Gasteiger partial charge in [-0.25, -0.2) is 13.8 Å². The van der Waals surface area contributed by atoms with Gasteiger partial charge in [0.15, 0.2) is 5.82 Å². The monoisotopic (exact) mass is 260 g/mol. The second-order valence-corrected chi connectivity index (χ2v) is 4.25. The van der Waals surface area contributed by atoms with Crippen LogP contribution in [0, 0.1) is 18.6 Å². The number of aromatic nitrogens is 2. The van der Waals surface area contributed by atoms with E-state index in [0.717, 1.165) is 5.57 Å². The Morgan fingerprint density at radius 1 is 1.37 bits per heavy atom. The van der Waals surface area contributed by atoms with Gasteiger partial charge in [0.25, 0.3) is 0 Å². The fourth-order valence-corrected chi connectivity index (χ4v) is 1.72. The van der Waals surface area contributed by atoms with Gasteiger partial charge in [-0.3, -0.25) is 0 Å². The molecule has 0 aliphatic heterocycles. The van der Waals surface area contributed by atoms with Crippen LogP contribution in [-0.2, 0) is 0 Å². The Morgan fingerprint density at radius 2 is 2.11 bits per heavy atom. The number of nitrogens with zero attached hydrogens (tertiary/aromatic N) is 1. The van der Waals surface area contributed by atoms with E-state index in [1.165, 1.54) is 13.0 Å². The normalized spacial score (nSPS) is 12.5. The summed E-state index contributed by atoms with van der Waals surface area (Å²) >= 11 is 0. The lowest BCUT2D eigenvalue weighted by molar-refractivity contribution is 0.575. The first-order chi connectivity index (χ1) is 9.04. The van der Waals surface area contributed by atoms with Gasteiger partial charge in [0.1, 0.15) is 17.2 Å². The van der Waals surface area contributed by atoms with Crippen LogP contribution in [0.2, 0.25) is 0 Å². The van der Waals surface area contributed by atoms with E-state index in [1.807, 2.05) is 13.0 Å². The summed E-state index contributed by atoms with van der Waals surface area (Å²) in [4.78, 5) is 7.08. The summed E-state index contributed by atoms with van der Waals surface area (Å²) < 4.78 is 27.3. The molecular formula is C15H14F2N2. The average molecular weight is 260 g/mol. The first kappa shape index (κ1) is 13.2. The van der Waals surface area contributed by atoms with E-state index in [4.69, 9.17) is 0 Å². The highest BCUT2D eigenvalue weighted by Crippen LogP contribution is 2.23. The van der Waals surface area contributed by atoms with Crippen molar-refractivity contribution in [3.05, 3.63) is 60.0 Å². The first-order valence-electron chi connectivity index (χ1n) is 5.85. The van der Waals surface area contributed by atoms with Crippen molar-refractivity contribution in [2.45, 2.75) is 13.8 Å². The van der Waals surface area contributed by atoms with Gasteiger partial charge in [-0.15, -0.1) is 0 Å². The molecule has 19 heavy (non-hydrogen) atoms. The molecule has 1 aromatic heterocycles. The summed E-state index contributed by atoms with van der Waals surface area (Å²) in [7, 11) is 0. The van der Waals surface area contributed by atoms with Crippen LogP contribution in [0.25, 0.3) is 16.6 Å². The van der Waals surface area contributed by atoms with Gasteiger partial charge >= 0.3 is 0 Å². The molecule has 0 bridgehead atoms. The molecule has 1 aromatic carbocycles. The largest absolute Gasteiger partial charge is 0.338 e. The summed E-state index contributed by atoms with van der Waals surface area (Å²) in [6.45, 7) is 6.80. The van der Waals surface area contributed by atoms with Crippen LogP contribution < -0.4 is 0 Å². The zero-order chi connectivity index (χ0) is 14.0. The molecule has 2 nitrogen and oxygen atoms in total. The van der Waals surface area contributed by atoms with E-state index in [2.05, 4.69) is 16.5 Å². The van der Waals surface area contributed by atoms with Crippen molar-refractivity contribution in [3.8, 4) is 0 Å². The molecule has 98 valence electrons. The molecule has 0 spiro atoms. The number of imidazole rings is 1. The van der Waals surface area contributed by atoms with Crippen molar-refractivity contribution in [3.63, 3.8) is 0 Å². The van der Waals surface area contributed by atoms with Crippen LogP contribution in [0.3, 0.4) is 0 Å². The van der Waals surface area contributed by atoms with E-state index < -0.39 is 11.6 Å². The molecule has 0 fully saturated rings. The molecule has 0 amide bonds. The lowest BCUT2D eigenvalue weighted by Gasteiger charge is -1.97. The van der Waals surface area contributed by atoms with Gasteiger partial charge in [-0.05, 0) is 19.4 Å². The number of nitrogens with one attached hydrogen (secondary N) is 1. The van der Waals surface area contributed by atoms with Gasteiger partial charge in [0.2, 0.25) is 0 Å². The molecule has 0 saturated carbocycles. The maximum absolute atomic E-state index is 13.9. The lowest BCUT2D eigenvalue weighted by Crippen LogP contribution is -1.89. The molecule has 2 aromatic rings. The third-order valence-corrected chi connectivity index (χ3v) is 2.87. The highest BCUT2D eigenvalue weighted by molar-refractivity contribution is 5.80. The summed E-state index contributed by atoms with van der Waals surface area (Å²) in [5.74, 6) is -0.673. The van der Waals surface area contributed by atoms with Crippen molar-refractivity contribution in [2.24, 2.45) is 0 Å². The standard InChI is InChI=1S/C15H14F2N2/c1-4-5-6-7-9(2)15-18-12-8-11(16)10(3)13(17)14(12)19-15/h4-8H,1H2,2-3H3,(H,18,19)/b6-5-,9-7+. The number of fused-ring (bicyclic) bond motifs is 1. The second kappa shape index (κ2) is 5.18. The topological polar surface area (TPSA) is 28.7 Å². The molecule has 0 unspecified atom stereocenters. The zero-order valence-corrected chi connectivity index (χ0v) is 10.8. The van der Waals surface area contributed by atoms with Crippen molar-refractivity contribution >= 4 is 16.6 Å². The number of hydrogen-bond donors (Lipinski definition) is 1. The minimum atomic E-state index is -0.619. The Bertz CT molecular complexity index is 694. The lowest BCUT2D eigenvalue weighted by atomic mass is 10.2. The van der Waals surface area contributed by atoms with Crippen molar-refractivity contribution in [1.29, 1.82) is 0 Å². The van der Waals surface area contributed by atoms with E-state index in [1.54, 1.807) is 18.2 Å². The maximum atomic E-state index is 13.9. The van der Waals surface area contributed by atoms with Gasteiger partial charge < -0.3 is 4.98 Å². The van der Waals surface area contributed by atoms with Crippen LogP contribution in [0.1, 0.15) is 18.3 Å². The minimum Gasteiger partial charge on any atom is -0.338 e. The Kier molecular flexibility index (Phi) is 3.60. The zero-order valence-electron chi connectivity index (χ0n) is 10.8. The number of halogens is 2. The number of rotatable bonds is 3. The molecule has 4 heteroatoms. The maximum Gasteiger partial charge on any atom is 0.156 e. The molecule has 2 rings (SSSR count). The predicted octanol–water partition coefficient (Wildman–Crippen LogP) is 4.30. The molecule has 0 radical (unpaired) electrons. The van der Waals surface area contributed by atoms with Crippen molar-refractivity contribution in [2.75, 3.05) is 0 Å². The number of benzene rings is 1. The quantitative estimate of drug-likeness (QED) is 0.819. The number of aromatic amines is 1. The van der Waals surface area contributed by atoms with Gasteiger partial charge in [-0.1, -0.05) is 30.9 Å². The number of H-pyrrole nitrogens is 1. The Morgan fingerprint density at radius 3 is 2.79 bits per heavy atom. The minimum absolute atomic E-state index is 0.0151. The molecular weight excluding hydrogens is 246 g/mol. The van der Waals surface area contributed by atoms with Crippen LogP contribution in [0.4, 0.5) is 8.78 Å². The van der Waals surface area contributed by atoms with Crippen LogP contribution in [0.5, 0.6) is 0 Å². The molecule has 0 aliphatic carbocycles.